The first-order chi connectivity index (χ1) is 20.3. The zero-order chi connectivity index (χ0) is 29.6. The number of rotatable bonds is 13. The molecule has 42 heavy (non-hydrogen) atoms. The fourth-order valence-electron chi connectivity index (χ4n) is 4.98. The molecule has 5 rings (SSSR count). The normalized spacial score (nSPS) is 15.9. The van der Waals surface area contributed by atoms with Crippen LogP contribution in [0, 0.1) is 5.92 Å². The maximum atomic E-state index is 13.6. The predicted octanol–water partition coefficient (Wildman–Crippen LogP) is 1.47. The third-order valence-electron chi connectivity index (χ3n) is 7.48. The second kappa shape index (κ2) is 12.8. The number of methoxy groups -OCH3 is 1. The van der Waals surface area contributed by atoms with E-state index < -0.39 is 35.6 Å². The molecule has 1 saturated carbocycles. The second-order valence-corrected chi connectivity index (χ2v) is 10.6. The van der Waals surface area contributed by atoms with Crippen LogP contribution in [0.2, 0.25) is 0 Å². The number of carbonyl (C=O) groups is 5. The summed E-state index contributed by atoms with van der Waals surface area (Å²) in [6.45, 7) is 0.673. The molecule has 0 radical (unpaired) electrons. The lowest BCUT2D eigenvalue weighted by Gasteiger charge is -2.25. The summed E-state index contributed by atoms with van der Waals surface area (Å²) in [5, 5.41) is 11.4. The molecule has 2 atom stereocenters. The Bertz CT molecular complexity index is 1480. The third-order valence-corrected chi connectivity index (χ3v) is 7.48. The SMILES string of the molecule is COc1cccc2[nH]c(C(=O)N[C@@H](CC3CC3)C(=O)N[C@@H](CN3CCNC3=O)C(=O)C(=O)NCc3ccccc3)cc12. The molecule has 12 nitrogen and oxygen atoms in total. The van der Waals surface area contributed by atoms with Gasteiger partial charge in [0.2, 0.25) is 11.7 Å². The highest BCUT2D eigenvalue weighted by molar-refractivity contribution is 6.38. The van der Waals surface area contributed by atoms with Gasteiger partial charge in [0.25, 0.3) is 11.8 Å². The monoisotopic (exact) mass is 574 g/mol. The molecule has 1 aliphatic carbocycles. The minimum absolute atomic E-state index is 0.131. The Morgan fingerprint density at radius 2 is 1.81 bits per heavy atom. The van der Waals surface area contributed by atoms with Crippen LogP contribution in [-0.2, 0) is 20.9 Å². The number of aromatic amines is 1. The quantitative estimate of drug-likeness (QED) is 0.194. The molecule has 2 fully saturated rings. The van der Waals surface area contributed by atoms with Crippen LogP contribution in [0.15, 0.2) is 54.6 Å². The average molecular weight is 575 g/mol. The van der Waals surface area contributed by atoms with Gasteiger partial charge in [0.15, 0.2) is 0 Å². The van der Waals surface area contributed by atoms with Crippen LogP contribution in [0.4, 0.5) is 4.79 Å². The number of nitrogens with one attached hydrogen (secondary N) is 5. The Kier molecular flexibility index (Phi) is 8.70. The van der Waals surface area contributed by atoms with Crippen LogP contribution in [-0.4, -0.2) is 78.2 Å². The zero-order valence-electron chi connectivity index (χ0n) is 23.3. The van der Waals surface area contributed by atoms with Gasteiger partial charge in [-0.1, -0.05) is 49.2 Å². The lowest BCUT2D eigenvalue weighted by molar-refractivity contribution is -0.140. The number of carbonyl (C=O) groups excluding carboxylic acids is 5. The summed E-state index contributed by atoms with van der Waals surface area (Å²) in [6, 6.07) is 13.5. The van der Waals surface area contributed by atoms with Crippen LogP contribution in [0.25, 0.3) is 10.9 Å². The van der Waals surface area contributed by atoms with E-state index in [1.54, 1.807) is 25.3 Å². The first-order valence-corrected chi connectivity index (χ1v) is 14.0. The van der Waals surface area contributed by atoms with Gasteiger partial charge >= 0.3 is 6.03 Å². The van der Waals surface area contributed by atoms with Crippen molar-refractivity contribution in [1.29, 1.82) is 0 Å². The highest BCUT2D eigenvalue weighted by Gasteiger charge is 2.36. The van der Waals surface area contributed by atoms with Crippen molar-refractivity contribution in [2.75, 3.05) is 26.7 Å². The van der Waals surface area contributed by atoms with E-state index in [0.29, 0.717) is 30.8 Å². The molecule has 2 aliphatic rings. The lowest BCUT2D eigenvalue weighted by atomic mass is 10.1. The van der Waals surface area contributed by atoms with Crippen molar-refractivity contribution >= 4 is 40.4 Å². The van der Waals surface area contributed by atoms with Crippen LogP contribution in [0.5, 0.6) is 5.75 Å². The Morgan fingerprint density at radius 3 is 2.50 bits per heavy atom. The zero-order valence-corrected chi connectivity index (χ0v) is 23.3. The number of ether oxygens (including phenoxy) is 1. The molecule has 3 aromatic rings. The summed E-state index contributed by atoms with van der Waals surface area (Å²) in [4.78, 5) is 69.6. The summed E-state index contributed by atoms with van der Waals surface area (Å²) < 4.78 is 5.38. The van der Waals surface area contributed by atoms with E-state index in [-0.39, 0.29) is 30.7 Å². The van der Waals surface area contributed by atoms with E-state index in [2.05, 4.69) is 26.3 Å². The molecule has 5 N–H and O–H groups in total. The van der Waals surface area contributed by atoms with E-state index in [1.807, 2.05) is 36.4 Å². The molecule has 12 heteroatoms. The standard InChI is InChI=1S/C30H34N6O6/c1-42-25-9-5-8-21-20(25)15-23(33-21)28(39)34-22(14-18-10-11-18)27(38)35-24(17-36-13-12-31-30(36)41)26(37)29(40)32-16-19-6-3-2-4-7-19/h2-9,15,18,22,24,33H,10-14,16-17H2,1H3,(H,31,41)(H,32,40)(H,34,39)(H,35,38)/t22-,24-/m0/s1. The van der Waals surface area contributed by atoms with Crippen molar-refractivity contribution < 1.29 is 28.7 Å². The van der Waals surface area contributed by atoms with Crippen LogP contribution < -0.4 is 26.0 Å². The number of hydrogen-bond donors (Lipinski definition) is 5. The van der Waals surface area contributed by atoms with E-state index in [0.717, 1.165) is 23.8 Å². The fourth-order valence-corrected chi connectivity index (χ4v) is 4.98. The van der Waals surface area contributed by atoms with E-state index >= 15 is 0 Å². The Balaban J connectivity index is 1.30. The Hall–Kier alpha value is -4.87. The van der Waals surface area contributed by atoms with Crippen molar-refractivity contribution in [3.8, 4) is 5.75 Å². The maximum absolute atomic E-state index is 13.6. The number of nitrogens with zero attached hydrogens (tertiary/aromatic N) is 1. The molecule has 2 heterocycles. The number of aromatic nitrogens is 1. The molecular formula is C30H34N6O6. The summed E-state index contributed by atoms with van der Waals surface area (Å²) in [6.07, 6.45) is 2.25. The second-order valence-electron chi connectivity index (χ2n) is 10.6. The largest absolute Gasteiger partial charge is 0.496 e. The Labute approximate surface area is 242 Å². The van der Waals surface area contributed by atoms with Gasteiger partial charge in [0, 0.05) is 30.5 Å². The molecule has 1 aromatic heterocycles. The van der Waals surface area contributed by atoms with Gasteiger partial charge in [-0.05, 0) is 36.1 Å². The average Bonchev–Trinajstić information content (AvgIpc) is 3.56. The number of H-pyrrole nitrogens is 1. The van der Waals surface area contributed by atoms with Gasteiger partial charge in [-0.15, -0.1) is 0 Å². The molecule has 2 aromatic carbocycles. The van der Waals surface area contributed by atoms with Gasteiger partial charge in [-0.2, -0.15) is 0 Å². The molecule has 0 spiro atoms. The molecule has 1 aliphatic heterocycles. The summed E-state index contributed by atoms with van der Waals surface area (Å²) in [7, 11) is 1.54. The first kappa shape index (κ1) is 28.7. The molecule has 0 bridgehead atoms. The highest BCUT2D eigenvalue weighted by atomic mass is 16.5. The van der Waals surface area contributed by atoms with Crippen molar-refractivity contribution in [3.05, 3.63) is 65.9 Å². The Morgan fingerprint density at radius 1 is 1.02 bits per heavy atom. The molecule has 1 saturated heterocycles. The predicted molar refractivity (Wildman–Crippen MR) is 154 cm³/mol. The number of hydrogen-bond acceptors (Lipinski definition) is 6. The van der Waals surface area contributed by atoms with Crippen LogP contribution in [0.3, 0.4) is 0 Å². The van der Waals surface area contributed by atoms with Crippen molar-refractivity contribution in [1.82, 2.24) is 31.2 Å². The van der Waals surface area contributed by atoms with Gasteiger partial charge < -0.3 is 35.9 Å². The number of amides is 5. The summed E-state index contributed by atoms with van der Waals surface area (Å²) in [5.74, 6) is -1.98. The minimum atomic E-state index is -1.30. The molecule has 5 amide bonds. The van der Waals surface area contributed by atoms with Crippen LogP contribution in [0.1, 0.15) is 35.3 Å². The number of ketones is 1. The number of fused-ring (bicyclic) bond motifs is 1. The number of benzene rings is 2. The van der Waals surface area contributed by atoms with Gasteiger partial charge in [0.1, 0.15) is 23.5 Å². The fraction of sp³-hybridized carbons (Fsp3) is 0.367. The van der Waals surface area contributed by atoms with Gasteiger partial charge in [-0.25, -0.2) is 4.79 Å². The van der Waals surface area contributed by atoms with E-state index in [4.69, 9.17) is 4.74 Å². The van der Waals surface area contributed by atoms with Crippen molar-refractivity contribution in [2.24, 2.45) is 5.92 Å². The molecule has 220 valence electrons. The van der Waals surface area contributed by atoms with E-state index in [1.165, 1.54) is 4.90 Å². The molecular weight excluding hydrogens is 540 g/mol. The lowest BCUT2D eigenvalue weighted by Crippen LogP contribution is -2.57. The first-order valence-electron chi connectivity index (χ1n) is 14.0. The number of Topliss-reactive ketones (excluding diaryl/α,β-unsaturated/α-hetero) is 1. The topological polar surface area (TPSA) is 162 Å². The number of urea groups is 1. The smallest absolute Gasteiger partial charge is 0.317 e. The van der Waals surface area contributed by atoms with E-state index in [9.17, 15) is 24.0 Å². The van der Waals surface area contributed by atoms with Gasteiger partial charge in [0.05, 0.1) is 13.7 Å². The minimum Gasteiger partial charge on any atom is -0.496 e. The highest BCUT2D eigenvalue weighted by Crippen LogP contribution is 2.34. The summed E-state index contributed by atoms with van der Waals surface area (Å²) >= 11 is 0. The van der Waals surface area contributed by atoms with Crippen LogP contribution >= 0.6 is 0 Å². The summed E-state index contributed by atoms with van der Waals surface area (Å²) in [5.41, 5.74) is 1.77. The van der Waals surface area contributed by atoms with Gasteiger partial charge in [-0.3, -0.25) is 19.2 Å². The van der Waals surface area contributed by atoms with Crippen molar-refractivity contribution in [2.45, 2.75) is 37.9 Å². The van der Waals surface area contributed by atoms with Crippen molar-refractivity contribution in [3.63, 3.8) is 0 Å². The molecule has 0 unspecified atom stereocenters. The maximum Gasteiger partial charge on any atom is 0.317 e. The third kappa shape index (κ3) is 6.88.